The van der Waals surface area contributed by atoms with Crippen LogP contribution in [0.15, 0.2) is 28.7 Å². The van der Waals surface area contributed by atoms with Gasteiger partial charge in [-0.25, -0.2) is 22.0 Å². The predicted octanol–water partition coefficient (Wildman–Crippen LogP) is 7.63. The molecule has 0 saturated carbocycles. The van der Waals surface area contributed by atoms with E-state index in [0.29, 0.717) is 5.02 Å². The van der Waals surface area contributed by atoms with E-state index in [2.05, 4.69) is 10.4 Å². The van der Waals surface area contributed by atoms with Crippen molar-refractivity contribution in [3.63, 3.8) is 0 Å². The smallest absolute Gasteiger partial charge is 0.291 e. The minimum absolute atomic E-state index is 0.108. The molecule has 0 aliphatic heterocycles. The van der Waals surface area contributed by atoms with Crippen molar-refractivity contribution in [3.05, 3.63) is 96.9 Å². The molecule has 0 fully saturated rings. The summed E-state index contributed by atoms with van der Waals surface area (Å²) in [7, 11) is 0. The molecule has 1 N–H and O–H groups in total. The molecule has 0 unspecified atom stereocenters. The van der Waals surface area contributed by atoms with Gasteiger partial charge in [-0.05, 0) is 38.1 Å². The SMILES string of the molecule is Cc1nn(Cc2c(F)c(F)c(F)c(F)c2F)c(C)c1NC(=O)c1ccc(COc2c(Cl)cc(Cl)cc2Cl)o1. The highest BCUT2D eigenvalue weighted by Gasteiger charge is 2.27. The summed E-state index contributed by atoms with van der Waals surface area (Å²) in [4.78, 5) is 12.8. The van der Waals surface area contributed by atoms with Crippen LogP contribution in [0.25, 0.3) is 0 Å². The zero-order valence-corrected chi connectivity index (χ0v) is 21.6. The normalized spacial score (nSPS) is 11.2. The van der Waals surface area contributed by atoms with Crippen LogP contribution >= 0.6 is 34.8 Å². The third-order valence-electron chi connectivity index (χ3n) is 5.44. The number of ether oxygens (including phenoxy) is 1. The molecule has 4 rings (SSSR count). The summed E-state index contributed by atoms with van der Waals surface area (Å²) < 4.78 is 80.8. The Balaban J connectivity index is 1.49. The number of amides is 1. The Kier molecular flexibility index (Phi) is 7.91. The molecule has 38 heavy (non-hydrogen) atoms. The molecular formula is C24H15Cl3F5N3O3. The van der Waals surface area contributed by atoms with E-state index in [4.69, 9.17) is 44.0 Å². The third-order valence-corrected chi connectivity index (χ3v) is 6.22. The molecule has 0 bridgehead atoms. The topological polar surface area (TPSA) is 69.3 Å². The summed E-state index contributed by atoms with van der Waals surface area (Å²) in [6.07, 6.45) is 0. The second-order valence-corrected chi connectivity index (χ2v) is 9.21. The van der Waals surface area contributed by atoms with Gasteiger partial charge in [-0.2, -0.15) is 5.10 Å². The zero-order valence-electron chi connectivity index (χ0n) is 19.4. The lowest BCUT2D eigenvalue weighted by molar-refractivity contribution is 0.0992. The Morgan fingerprint density at radius 1 is 0.974 bits per heavy atom. The number of aryl methyl sites for hydroxylation is 1. The van der Waals surface area contributed by atoms with Gasteiger partial charge in [0.2, 0.25) is 5.82 Å². The second-order valence-electron chi connectivity index (χ2n) is 7.96. The summed E-state index contributed by atoms with van der Waals surface area (Å²) in [6.45, 7) is 2.04. The number of halogens is 8. The molecule has 6 nitrogen and oxygen atoms in total. The van der Waals surface area contributed by atoms with E-state index >= 15 is 0 Å². The number of anilines is 1. The number of benzene rings is 2. The zero-order chi connectivity index (χ0) is 27.9. The fourth-order valence-corrected chi connectivity index (χ4v) is 4.46. The molecule has 0 radical (unpaired) electrons. The maximum absolute atomic E-state index is 14.1. The fourth-order valence-electron chi connectivity index (χ4n) is 3.53. The van der Waals surface area contributed by atoms with Gasteiger partial charge in [-0.1, -0.05) is 34.8 Å². The second kappa shape index (κ2) is 10.8. The Morgan fingerprint density at radius 3 is 2.16 bits per heavy atom. The van der Waals surface area contributed by atoms with Crippen LogP contribution in [0.3, 0.4) is 0 Å². The summed E-state index contributed by atoms with van der Waals surface area (Å²) >= 11 is 18.0. The van der Waals surface area contributed by atoms with Gasteiger partial charge in [-0.15, -0.1) is 0 Å². The van der Waals surface area contributed by atoms with Crippen LogP contribution in [0.5, 0.6) is 5.75 Å². The molecule has 200 valence electrons. The predicted molar refractivity (Wildman–Crippen MR) is 130 cm³/mol. The molecule has 0 aliphatic carbocycles. The lowest BCUT2D eigenvalue weighted by Crippen LogP contribution is -2.14. The van der Waals surface area contributed by atoms with Gasteiger partial charge < -0.3 is 14.5 Å². The number of hydrogen-bond donors (Lipinski definition) is 1. The first-order chi connectivity index (χ1) is 17.9. The van der Waals surface area contributed by atoms with Crippen molar-refractivity contribution in [2.45, 2.75) is 27.0 Å². The number of carbonyl (C=O) groups is 1. The standard InChI is InChI=1S/C24H15Cl3F5N3O3/c1-9-22(10(2)35(34-9)7-13-17(28)19(30)21(32)20(31)18(13)29)33-24(36)16-4-3-12(38-16)8-37-23-14(26)5-11(25)6-15(23)27/h3-6H,7-8H2,1-2H3,(H,33,36). The van der Waals surface area contributed by atoms with Crippen molar-refractivity contribution >= 4 is 46.4 Å². The maximum atomic E-state index is 14.1. The van der Waals surface area contributed by atoms with Gasteiger partial charge in [0.15, 0.2) is 34.8 Å². The van der Waals surface area contributed by atoms with Crippen LogP contribution in [0.4, 0.5) is 27.6 Å². The molecule has 1 amide bonds. The number of nitrogens with zero attached hydrogens (tertiary/aromatic N) is 2. The highest BCUT2D eigenvalue weighted by atomic mass is 35.5. The summed E-state index contributed by atoms with van der Waals surface area (Å²) in [5, 5.41) is 7.30. The highest BCUT2D eigenvalue weighted by molar-refractivity contribution is 6.40. The van der Waals surface area contributed by atoms with E-state index < -0.39 is 47.1 Å². The fraction of sp³-hybridized carbons (Fsp3) is 0.167. The highest BCUT2D eigenvalue weighted by Crippen LogP contribution is 2.36. The average molecular weight is 595 g/mol. The minimum Gasteiger partial charge on any atom is -0.483 e. The van der Waals surface area contributed by atoms with Crippen molar-refractivity contribution in [1.29, 1.82) is 0 Å². The van der Waals surface area contributed by atoms with E-state index in [1.165, 1.54) is 38.1 Å². The molecular weight excluding hydrogens is 580 g/mol. The molecule has 0 atom stereocenters. The third kappa shape index (κ3) is 5.31. The number of hydrogen-bond acceptors (Lipinski definition) is 4. The molecule has 2 aromatic heterocycles. The van der Waals surface area contributed by atoms with Crippen LogP contribution in [-0.4, -0.2) is 15.7 Å². The number of carbonyl (C=O) groups excluding carboxylic acids is 1. The van der Waals surface area contributed by atoms with Crippen LogP contribution in [-0.2, 0) is 13.2 Å². The molecule has 14 heteroatoms. The maximum Gasteiger partial charge on any atom is 0.291 e. The summed E-state index contributed by atoms with van der Waals surface area (Å²) in [5.74, 6) is -10.7. The van der Waals surface area contributed by atoms with Crippen molar-refractivity contribution in [1.82, 2.24) is 9.78 Å². The van der Waals surface area contributed by atoms with Crippen LogP contribution in [0, 0.1) is 42.9 Å². The first kappa shape index (κ1) is 27.7. The van der Waals surface area contributed by atoms with E-state index in [-0.39, 0.29) is 51.0 Å². The van der Waals surface area contributed by atoms with E-state index in [9.17, 15) is 26.7 Å². The number of rotatable bonds is 7. The van der Waals surface area contributed by atoms with Gasteiger partial charge in [0, 0.05) is 5.02 Å². The molecule has 0 spiro atoms. The summed E-state index contributed by atoms with van der Waals surface area (Å²) in [5.41, 5.74) is -0.488. The van der Waals surface area contributed by atoms with E-state index in [1.807, 2.05) is 0 Å². The Bertz CT molecular complexity index is 1520. The van der Waals surface area contributed by atoms with Crippen molar-refractivity contribution in [2.75, 3.05) is 5.32 Å². The van der Waals surface area contributed by atoms with Crippen LogP contribution < -0.4 is 10.1 Å². The van der Waals surface area contributed by atoms with Gasteiger partial charge in [0.1, 0.15) is 12.4 Å². The summed E-state index contributed by atoms with van der Waals surface area (Å²) in [6, 6.07) is 5.76. The first-order valence-corrected chi connectivity index (χ1v) is 11.7. The molecule has 4 aromatic rings. The molecule has 0 saturated heterocycles. The first-order valence-electron chi connectivity index (χ1n) is 10.6. The quantitative estimate of drug-likeness (QED) is 0.136. The van der Waals surface area contributed by atoms with Crippen molar-refractivity contribution < 1.29 is 35.9 Å². The van der Waals surface area contributed by atoms with Crippen molar-refractivity contribution in [2.24, 2.45) is 0 Å². The molecule has 2 aromatic carbocycles. The minimum atomic E-state index is -2.26. The number of nitrogens with one attached hydrogen (secondary N) is 1. The Hall–Kier alpha value is -3.28. The van der Waals surface area contributed by atoms with Gasteiger partial charge >= 0.3 is 0 Å². The van der Waals surface area contributed by atoms with E-state index in [1.54, 1.807) is 0 Å². The Labute approximate surface area is 226 Å². The lowest BCUT2D eigenvalue weighted by Gasteiger charge is -2.10. The van der Waals surface area contributed by atoms with Gasteiger partial charge in [0.05, 0.1) is 39.2 Å². The van der Waals surface area contributed by atoms with Crippen LogP contribution in [0.2, 0.25) is 15.1 Å². The Morgan fingerprint density at radius 2 is 1.55 bits per heavy atom. The lowest BCUT2D eigenvalue weighted by atomic mass is 10.1. The van der Waals surface area contributed by atoms with Crippen molar-refractivity contribution in [3.8, 4) is 5.75 Å². The monoisotopic (exact) mass is 593 g/mol. The van der Waals surface area contributed by atoms with Gasteiger partial charge in [0.25, 0.3) is 5.91 Å². The van der Waals surface area contributed by atoms with E-state index in [0.717, 1.165) is 4.68 Å². The number of aromatic nitrogens is 2. The molecule has 2 heterocycles. The average Bonchev–Trinajstić information content (AvgIpc) is 3.44. The van der Waals surface area contributed by atoms with Crippen LogP contribution in [0.1, 0.15) is 33.3 Å². The number of furan rings is 1. The van der Waals surface area contributed by atoms with Gasteiger partial charge in [-0.3, -0.25) is 9.48 Å². The largest absolute Gasteiger partial charge is 0.483 e. The molecule has 0 aliphatic rings.